The van der Waals surface area contributed by atoms with Gasteiger partial charge in [0.25, 0.3) is 0 Å². The zero-order chi connectivity index (χ0) is 16.7. The highest BCUT2D eigenvalue weighted by Gasteiger charge is 2.08. The van der Waals surface area contributed by atoms with Gasteiger partial charge < -0.3 is 9.55 Å². The Bertz CT molecular complexity index is 1090. The maximum absolute atomic E-state index is 9.02. The van der Waals surface area contributed by atoms with Crippen molar-refractivity contribution in [3.05, 3.63) is 71.9 Å². The molecule has 0 aliphatic carbocycles. The summed E-state index contributed by atoms with van der Waals surface area (Å²) < 4.78 is 2.11. The van der Waals surface area contributed by atoms with Crippen molar-refractivity contribution in [3.63, 3.8) is 0 Å². The molecule has 4 aromatic rings. The van der Waals surface area contributed by atoms with Crippen LogP contribution >= 0.6 is 0 Å². The van der Waals surface area contributed by atoms with E-state index >= 15 is 0 Å². The lowest BCUT2D eigenvalue weighted by molar-refractivity contribution is 0.933. The number of hydrogen-bond acceptors (Lipinski definition) is 1. The van der Waals surface area contributed by atoms with E-state index in [1.54, 1.807) is 0 Å². The predicted molar refractivity (Wildman–Crippen MR) is 97.6 cm³/mol. The first-order chi connectivity index (χ1) is 11.7. The van der Waals surface area contributed by atoms with Crippen molar-refractivity contribution in [2.45, 2.75) is 6.92 Å². The van der Waals surface area contributed by atoms with Gasteiger partial charge in [-0.25, -0.2) is 0 Å². The molecule has 24 heavy (non-hydrogen) atoms. The van der Waals surface area contributed by atoms with Crippen molar-refractivity contribution < 1.29 is 0 Å². The van der Waals surface area contributed by atoms with Crippen LogP contribution in [0.2, 0.25) is 0 Å². The molecular formula is C21H17N3. The van der Waals surface area contributed by atoms with E-state index in [9.17, 15) is 0 Å². The average Bonchev–Trinajstić information content (AvgIpc) is 3.19. The van der Waals surface area contributed by atoms with E-state index in [2.05, 4.69) is 46.0 Å². The third-order valence-corrected chi connectivity index (χ3v) is 4.51. The molecule has 0 amide bonds. The molecule has 2 aromatic carbocycles. The smallest absolute Gasteiger partial charge is 0.0991 e. The lowest BCUT2D eigenvalue weighted by atomic mass is 9.98. The van der Waals surface area contributed by atoms with Crippen molar-refractivity contribution in [1.29, 1.82) is 5.26 Å². The number of hydrogen-bond donors (Lipinski definition) is 1. The Balaban J connectivity index is 1.82. The summed E-state index contributed by atoms with van der Waals surface area (Å²) in [6.45, 7) is 2.05. The number of nitrogens with zero attached hydrogens (tertiary/aromatic N) is 2. The maximum Gasteiger partial charge on any atom is 0.0991 e. The van der Waals surface area contributed by atoms with Crippen LogP contribution in [-0.4, -0.2) is 9.55 Å². The summed E-state index contributed by atoms with van der Waals surface area (Å²) >= 11 is 0. The van der Waals surface area contributed by atoms with Gasteiger partial charge in [-0.15, -0.1) is 0 Å². The molecule has 0 aliphatic rings. The highest BCUT2D eigenvalue weighted by Crippen LogP contribution is 2.30. The average molecular weight is 311 g/mol. The molecule has 2 heterocycles. The Labute approximate surface area is 140 Å². The van der Waals surface area contributed by atoms with Gasteiger partial charge in [0.1, 0.15) is 0 Å². The molecule has 4 rings (SSSR count). The number of aryl methyl sites for hydroxylation is 2. The Morgan fingerprint density at radius 2 is 1.92 bits per heavy atom. The largest absolute Gasteiger partial charge is 0.353 e. The number of fused-ring (bicyclic) bond motifs is 1. The Hall–Kier alpha value is -3.25. The van der Waals surface area contributed by atoms with Crippen LogP contribution in [0.5, 0.6) is 0 Å². The second-order valence-electron chi connectivity index (χ2n) is 6.13. The molecule has 0 fully saturated rings. The number of benzene rings is 2. The van der Waals surface area contributed by atoms with Crippen molar-refractivity contribution in [2.24, 2.45) is 7.05 Å². The quantitative estimate of drug-likeness (QED) is 0.555. The number of H-pyrrole nitrogens is 1. The number of nitrogens with one attached hydrogen (secondary N) is 1. The van der Waals surface area contributed by atoms with Crippen LogP contribution in [0, 0.1) is 18.3 Å². The summed E-state index contributed by atoms with van der Waals surface area (Å²) in [5.41, 5.74) is 7.56. The number of rotatable bonds is 2. The van der Waals surface area contributed by atoms with Crippen molar-refractivity contribution >= 4 is 10.9 Å². The first-order valence-electron chi connectivity index (χ1n) is 7.91. The Morgan fingerprint density at radius 1 is 1.04 bits per heavy atom. The molecule has 0 atom stereocenters. The molecule has 116 valence electrons. The van der Waals surface area contributed by atoms with Gasteiger partial charge in [-0.05, 0) is 66.1 Å². The van der Waals surface area contributed by atoms with Crippen LogP contribution in [0.4, 0.5) is 0 Å². The highest BCUT2D eigenvalue weighted by atomic mass is 14.9. The van der Waals surface area contributed by atoms with Crippen molar-refractivity contribution in [2.75, 3.05) is 0 Å². The summed E-state index contributed by atoms with van der Waals surface area (Å²) in [4.78, 5) is 3.49. The summed E-state index contributed by atoms with van der Waals surface area (Å²) in [6.07, 6.45) is 2.05. The van der Waals surface area contributed by atoms with Gasteiger partial charge in [-0.2, -0.15) is 5.26 Å². The van der Waals surface area contributed by atoms with E-state index in [0.717, 1.165) is 22.3 Å². The topological polar surface area (TPSA) is 44.5 Å². The zero-order valence-electron chi connectivity index (χ0n) is 13.7. The molecule has 0 saturated carbocycles. The van der Waals surface area contributed by atoms with Crippen LogP contribution in [-0.2, 0) is 7.05 Å². The van der Waals surface area contributed by atoms with E-state index < -0.39 is 0 Å². The minimum absolute atomic E-state index is 0.699. The van der Waals surface area contributed by atoms with Crippen LogP contribution in [0.1, 0.15) is 11.1 Å². The van der Waals surface area contributed by atoms with Gasteiger partial charge in [-0.3, -0.25) is 0 Å². The fourth-order valence-corrected chi connectivity index (χ4v) is 3.24. The zero-order valence-corrected chi connectivity index (χ0v) is 13.7. The molecule has 0 unspecified atom stereocenters. The van der Waals surface area contributed by atoms with E-state index in [-0.39, 0.29) is 0 Å². The lowest BCUT2D eigenvalue weighted by Crippen LogP contribution is -1.88. The van der Waals surface area contributed by atoms with E-state index in [1.807, 2.05) is 44.4 Å². The van der Waals surface area contributed by atoms with Crippen LogP contribution in [0.25, 0.3) is 33.4 Å². The molecule has 0 saturated heterocycles. The summed E-state index contributed by atoms with van der Waals surface area (Å²) in [5.74, 6) is 0. The summed E-state index contributed by atoms with van der Waals surface area (Å²) in [5, 5.41) is 10.2. The van der Waals surface area contributed by atoms with Gasteiger partial charge in [0.15, 0.2) is 0 Å². The normalized spacial score (nSPS) is 10.9. The second kappa shape index (κ2) is 5.43. The lowest BCUT2D eigenvalue weighted by Gasteiger charge is -2.06. The molecule has 3 heteroatoms. The standard InChI is InChI=1S/C21H17N3/c1-14-10-15(13-22)5-7-18(14)16-6-8-19-17(11-16)12-20(23-19)21-4-3-9-24(21)2/h3-12,23H,1-2H3. The number of aromatic amines is 1. The van der Waals surface area contributed by atoms with Gasteiger partial charge in [-0.1, -0.05) is 12.1 Å². The third kappa shape index (κ3) is 2.29. The van der Waals surface area contributed by atoms with E-state index in [0.29, 0.717) is 5.56 Å². The van der Waals surface area contributed by atoms with Crippen molar-refractivity contribution in [3.8, 4) is 28.6 Å². The molecular weight excluding hydrogens is 294 g/mol. The van der Waals surface area contributed by atoms with E-state index in [4.69, 9.17) is 5.26 Å². The fourth-order valence-electron chi connectivity index (χ4n) is 3.24. The maximum atomic E-state index is 9.02. The first kappa shape index (κ1) is 14.3. The van der Waals surface area contributed by atoms with Gasteiger partial charge >= 0.3 is 0 Å². The monoisotopic (exact) mass is 311 g/mol. The molecule has 0 aliphatic heterocycles. The minimum Gasteiger partial charge on any atom is -0.353 e. The predicted octanol–water partition coefficient (Wildman–Crippen LogP) is 5.02. The minimum atomic E-state index is 0.699. The van der Waals surface area contributed by atoms with Crippen LogP contribution in [0.3, 0.4) is 0 Å². The van der Waals surface area contributed by atoms with Gasteiger partial charge in [0.05, 0.1) is 23.0 Å². The summed E-state index contributed by atoms with van der Waals surface area (Å²) in [6, 6.07) is 20.8. The van der Waals surface area contributed by atoms with Gasteiger partial charge in [0, 0.05) is 24.1 Å². The SMILES string of the molecule is Cc1cc(C#N)ccc1-c1ccc2[nH]c(-c3cccn3C)cc2c1. The molecule has 3 nitrogen and oxygen atoms in total. The summed E-state index contributed by atoms with van der Waals surface area (Å²) in [7, 11) is 2.05. The van der Waals surface area contributed by atoms with E-state index in [1.165, 1.54) is 16.6 Å². The molecule has 1 N–H and O–H groups in total. The van der Waals surface area contributed by atoms with Gasteiger partial charge in [0.2, 0.25) is 0 Å². The third-order valence-electron chi connectivity index (χ3n) is 4.51. The fraction of sp³-hybridized carbons (Fsp3) is 0.0952. The number of nitriles is 1. The Morgan fingerprint density at radius 3 is 2.62 bits per heavy atom. The molecule has 0 radical (unpaired) electrons. The highest BCUT2D eigenvalue weighted by molar-refractivity contribution is 5.89. The van der Waals surface area contributed by atoms with Crippen LogP contribution < -0.4 is 0 Å². The number of aromatic nitrogens is 2. The second-order valence-corrected chi connectivity index (χ2v) is 6.13. The molecule has 0 bridgehead atoms. The van der Waals surface area contributed by atoms with Crippen molar-refractivity contribution in [1.82, 2.24) is 9.55 Å². The molecule has 2 aromatic heterocycles. The first-order valence-corrected chi connectivity index (χ1v) is 7.91. The Kier molecular flexibility index (Phi) is 3.25. The van der Waals surface area contributed by atoms with Crippen LogP contribution in [0.15, 0.2) is 60.8 Å². The molecule has 0 spiro atoms.